The van der Waals surface area contributed by atoms with Crippen LogP contribution < -0.4 is 0 Å². The van der Waals surface area contributed by atoms with Gasteiger partial charge in [0.05, 0.1) is 0 Å². The van der Waals surface area contributed by atoms with E-state index in [0.29, 0.717) is 15.8 Å². The van der Waals surface area contributed by atoms with Crippen molar-refractivity contribution in [3.8, 4) is 0 Å². The monoisotopic (exact) mass is 276 g/mol. The second kappa shape index (κ2) is 3.59. The lowest BCUT2D eigenvalue weighted by atomic mass is 10.2. The Kier molecular flexibility index (Phi) is 2.62. The smallest absolute Gasteiger partial charge is 0.141 e. The summed E-state index contributed by atoms with van der Waals surface area (Å²) in [7, 11) is 0. The zero-order valence-electron chi connectivity index (χ0n) is 6.55. The Balaban J connectivity index is 2.83. The second-order valence-corrected chi connectivity index (χ2v) is 4.62. The molecule has 0 spiro atoms. The maximum absolute atomic E-state index is 13.5. The summed E-state index contributed by atoms with van der Waals surface area (Å²) in [5, 5.41) is 3.37. The number of halogens is 2. The highest BCUT2D eigenvalue weighted by Crippen LogP contribution is 2.32. The van der Waals surface area contributed by atoms with Crippen LogP contribution in [0, 0.1) is 5.82 Å². The van der Waals surface area contributed by atoms with Crippen LogP contribution in [0.4, 0.5) is 4.39 Å². The Bertz CT molecular complexity index is 450. The lowest BCUT2D eigenvalue weighted by Gasteiger charge is -2.02. The first-order valence-electron chi connectivity index (χ1n) is 3.67. The number of hydrogen-bond acceptors (Lipinski definition) is 2. The van der Waals surface area contributed by atoms with Crippen molar-refractivity contribution in [1.82, 2.24) is 0 Å². The van der Waals surface area contributed by atoms with Gasteiger partial charge in [-0.15, -0.1) is 24.0 Å². The molecule has 2 aromatic rings. The molecule has 1 aromatic heterocycles. The molecular formula is C9H6BrFS2. The fourth-order valence-corrected chi connectivity index (χ4v) is 2.90. The summed E-state index contributed by atoms with van der Waals surface area (Å²) in [5.41, 5.74) is 0.667. The lowest BCUT2D eigenvalue weighted by molar-refractivity contribution is 0.596. The molecule has 0 fully saturated rings. The SMILES string of the molecule is Fc1c(CBr)cc2sccc2c1S. The van der Waals surface area contributed by atoms with Crippen molar-refractivity contribution in [3.05, 3.63) is 28.9 Å². The maximum atomic E-state index is 13.5. The highest BCUT2D eigenvalue weighted by atomic mass is 79.9. The molecule has 0 aliphatic carbocycles. The van der Waals surface area contributed by atoms with Crippen molar-refractivity contribution in [2.75, 3.05) is 0 Å². The van der Waals surface area contributed by atoms with Gasteiger partial charge in [-0.25, -0.2) is 4.39 Å². The molecule has 0 bridgehead atoms. The van der Waals surface area contributed by atoms with E-state index < -0.39 is 0 Å². The minimum atomic E-state index is -0.217. The Morgan fingerprint density at radius 2 is 2.31 bits per heavy atom. The minimum Gasteiger partial charge on any atom is -0.205 e. The van der Waals surface area contributed by atoms with E-state index in [1.807, 2.05) is 17.5 Å². The van der Waals surface area contributed by atoms with Crippen LogP contribution in [0.25, 0.3) is 10.1 Å². The largest absolute Gasteiger partial charge is 0.205 e. The molecule has 0 saturated carbocycles. The second-order valence-electron chi connectivity index (χ2n) is 2.66. The third-order valence-corrected chi connectivity index (χ3v) is 3.79. The van der Waals surface area contributed by atoms with E-state index in [1.54, 1.807) is 11.3 Å². The summed E-state index contributed by atoms with van der Waals surface area (Å²) < 4.78 is 14.6. The third kappa shape index (κ3) is 1.51. The van der Waals surface area contributed by atoms with Crippen LogP contribution >= 0.6 is 39.9 Å². The molecule has 4 heteroatoms. The Labute approximate surface area is 93.3 Å². The summed E-state index contributed by atoms with van der Waals surface area (Å²) in [6, 6.07) is 3.76. The van der Waals surface area contributed by atoms with E-state index in [-0.39, 0.29) is 5.82 Å². The first kappa shape index (κ1) is 9.49. The predicted octanol–water partition coefficient (Wildman–Crippen LogP) is 4.22. The van der Waals surface area contributed by atoms with Gasteiger partial charge in [0.25, 0.3) is 0 Å². The molecule has 2 rings (SSSR count). The molecular weight excluding hydrogens is 271 g/mol. The normalized spacial score (nSPS) is 11.0. The fourth-order valence-electron chi connectivity index (χ4n) is 1.22. The van der Waals surface area contributed by atoms with E-state index in [2.05, 4.69) is 28.6 Å². The molecule has 13 heavy (non-hydrogen) atoms. The zero-order chi connectivity index (χ0) is 9.42. The van der Waals surface area contributed by atoms with Gasteiger partial charge in [0.15, 0.2) is 0 Å². The molecule has 0 N–H and O–H groups in total. The Morgan fingerprint density at radius 3 is 3.00 bits per heavy atom. The van der Waals surface area contributed by atoms with Gasteiger partial charge in [0, 0.05) is 25.9 Å². The average molecular weight is 277 g/mol. The number of thiophene rings is 1. The van der Waals surface area contributed by atoms with Crippen molar-refractivity contribution in [2.45, 2.75) is 10.2 Å². The fraction of sp³-hybridized carbons (Fsp3) is 0.111. The van der Waals surface area contributed by atoms with Crippen LogP contribution in [-0.4, -0.2) is 0 Å². The van der Waals surface area contributed by atoms with E-state index in [4.69, 9.17) is 0 Å². The van der Waals surface area contributed by atoms with Crippen LogP contribution in [0.1, 0.15) is 5.56 Å². The molecule has 1 heterocycles. The van der Waals surface area contributed by atoms with Crippen molar-refractivity contribution in [3.63, 3.8) is 0 Å². The maximum Gasteiger partial charge on any atom is 0.141 e. The van der Waals surface area contributed by atoms with Crippen LogP contribution in [0.3, 0.4) is 0 Å². The van der Waals surface area contributed by atoms with E-state index in [9.17, 15) is 4.39 Å². The van der Waals surface area contributed by atoms with Crippen molar-refractivity contribution < 1.29 is 4.39 Å². The number of rotatable bonds is 1. The van der Waals surface area contributed by atoms with Crippen molar-refractivity contribution in [2.24, 2.45) is 0 Å². The van der Waals surface area contributed by atoms with Gasteiger partial charge < -0.3 is 0 Å². The predicted molar refractivity (Wildman–Crippen MR) is 61.7 cm³/mol. The molecule has 0 aliphatic rings. The quantitative estimate of drug-likeness (QED) is 0.585. The molecule has 0 aliphatic heterocycles. The Hall–Kier alpha value is -0.0600. The van der Waals surface area contributed by atoms with Gasteiger partial charge in [-0.1, -0.05) is 15.9 Å². The molecule has 0 atom stereocenters. The molecule has 0 nitrogen and oxygen atoms in total. The molecule has 0 amide bonds. The molecule has 1 aromatic carbocycles. The molecule has 0 radical (unpaired) electrons. The standard InChI is InChI=1S/C9H6BrFS2/c10-4-5-3-7-6(1-2-13-7)9(12)8(5)11/h1-3,12H,4H2. The topological polar surface area (TPSA) is 0 Å². The number of hydrogen-bond donors (Lipinski definition) is 1. The van der Waals surface area contributed by atoms with Gasteiger partial charge >= 0.3 is 0 Å². The highest BCUT2D eigenvalue weighted by Gasteiger charge is 2.10. The van der Waals surface area contributed by atoms with Gasteiger partial charge in [-0.05, 0) is 17.5 Å². The van der Waals surface area contributed by atoms with Crippen LogP contribution in [0.5, 0.6) is 0 Å². The van der Waals surface area contributed by atoms with Crippen molar-refractivity contribution in [1.29, 1.82) is 0 Å². The summed E-state index contributed by atoms with van der Waals surface area (Å²) >= 11 is 9.01. The minimum absolute atomic E-state index is 0.217. The number of benzene rings is 1. The first-order chi connectivity index (χ1) is 6.24. The summed E-state index contributed by atoms with van der Waals surface area (Å²) in [6.45, 7) is 0. The highest BCUT2D eigenvalue weighted by molar-refractivity contribution is 9.08. The van der Waals surface area contributed by atoms with Crippen LogP contribution in [0.15, 0.2) is 22.4 Å². The first-order valence-corrected chi connectivity index (χ1v) is 6.12. The molecule has 0 saturated heterocycles. The average Bonchev–Trinajstić information content (AvgIpc) is 2.59. The van der Waals surface area contributed by atoms with Gasteiger partial charge in [-0.3, -0.25) is 0 Å². The van der Waals surface area contributed by atoms with Crippen molar-refractivity contribution >= 4 is 50.0 Å². The van der Waals surface area contributed by atoms with E-state index in [1.165, 1.54) is 0 Å². The van der Waals surface area contributed by atoms with E-state index in [0.717, 1.165) is 10.1 Å². The summed E-state index contributed by atoms with van der Waals surface area (Å²) in [5.74, 6) is -0.217. The summed E-state index contributed by atoms with van der Waals surface area (Å²) in [4.78, 5) is 0.452. The Morgan fingerprint density at radius 1 is 1.54 bits per heavy atom. The van der Waals surface area contributed by atoms with E-state index >= 15 is 0 Å². The molecule has 68 valence electrons. The van der Waals surface area contributed by atoms with Crippen LogP contribution in [-0.2, 0) is 5.33 Å². The lowest BCUT2D eigenvalue weighted by Crippen LogP contribution is -1.87. The zero-order valence-corrected chi connectivity index (χ0v) is 9.85. The number of thiol groups is 1. The third-order valence-electron chi connectivity index (χ3n) is 1.89. The van der Waals surface area contributed by atoms with Gasteiger partial charge in [0.1, 0.15) is 5.82 Å². The van der Waals surface area contributed by atoms with Gasteiger partial charge in [-0.2, -0.15) is 0 Å². The van der Waals surface area contributed by atoms with Crippen LogP contribution in [0.2, 0.25) is 0 Å². The summed E-state index contributed by atoms with van der Waals surface area (Å²) in [6.07, 6.45) is 0. The molecule has 0 unspecified atom stereocenters. The number of alkyl halides is 1. The number of fused-ring (bicyclic) bond motifs is 1. The van der Waals surface area contributed by atoms with Gasteiger partial charge in [0.2, 0.25) is 0 Å².